The average Bonchev–Trinajstić information content (AvgIpc) is 2.39. The lowest BCUT2D eigenvalue weighted by atomic mass is 9.82. The topological polar surface area (TPSA) is 38.5 Å². The second kappa shape index (κ2) is 7.04. The minimum atomic E-state index is 0.105. The Morgan fingerprint density at radius 1 is 1.42 bits per heavy atom. The van der Waals surface area contributed by atoms with Crippen molar-refractivity contribution in [3.63, 3.8) is 0 Å². The van der Waals surface area contributed by atoms with E-state index in [2.05, 4.69) is 36.2 Å². The average molecular weight is 262 g/mol. The van der Waals surface area contributed by atoms with E-state index in [-0.39, 0.29) is 6.04 Å². The SMILES string of the molecule is COCC(N)CN(C)CC1CCCc2ccccc21. The van der Waals surface area contributed by atoms with Crippen molar-refractivity contribution in [3.05, 3.63) is 35.4 Å². The van der Waals surface area contributed by atoms with Gasteiger partial charge < -0.3 is 15.4 Å². The smallest absolute Gasteiger partial charge is 0.0626 e. The van der Waals surface area contributed by atoms with E-state index in [1.165, 1.54) is 24.8 Å². The molecule has 0 fully saturated rings. The fraction of sp³-hybridized carbons (Fsp3) is 0.625. The molecule has 2 N–H and O–H groups in total. The zero-order valence-electron chi connectivity index (χ0n) is 12.1. The summed E-state index contributed by atoms with van der Waals surface area (Å²) in [5.41, 5.74) is 9.10. The maximum absolute atomic E-state index is 6.02. The van der Waals surface area contributed by atoms with Crippen LogP contribution in [0.2, 0.25) is 0 Å². The third-order valence-electron chi connectivity index (χ3n) is 3.95. The van der Waals surface area contributed by atoms with E-state index >= 15 is 0 Å². The van der Waals surface area contributed by atoms with Crippen molar-refractivity contribution in [1.82, 2.24) is 4.90 Å². The van der Waals surface area contributed by atoms with Crippen LogP contribution in [0.4, 0.5) is 0 Å². The van der Waals surface area contributed by atoms with Crippen LogP contribution in [-0.2, 0) is 11.2 Å². The van der Waals surface area contributed by atoms with Crippen LogP contribution >= 0.6 is 0 Å². The van der Waals surface area contributed by atoms with Gasteiger partial charge in [0.25, 0.3) is 0 Å². The number of hydrogen-bond acceptors (Lipinski definition) is 3. The van der Waals surface area contributed by atoms with Crippen LogP contribution in [0.15, 0.2) is 24.3 Å². The number of hydrogen-bond donors (Lipinski definition) is 1. The molecule has 0 spiro atoms. The summed E-state index contributed by atoms with van der Waals surface area (Å²) in [6.07, 6.45) is 3.83. The Kier molecular flexibility index (Phi) is 5.37. The van der Waals surface area contributed by atoms with Crippen LogP contribution in [0.1, 0.15) is 29.9 Å². The highest BCUT2D eigenvalue weighted by molar-refractivity contribution is 5.32. The van der Waals surface area contributed by atoms with Crippen LogP contribution in [0, 0.1) is 0 Å². The normalized spacial score (nSPS) is 20.3. The van der Waals surface area contributed by atoms with Crippen LogP contribution in [0.25, 0.3) is 0 Å². The molecule has 0 aliphatic heterocycles. The molecular formula is C16H26N2O. The number of nitrogens with two attached hydrogens (primary N) is 1. The molecule has 0 amide bonds. The number of rotatable bonds is 6. The lowest BCUT2D eigenvalue weighted by Crippen LogP contribution is -2.40. The Bertz CT molecular complexity index is 394. The van der Waals surface area contributed by atoms with Gasteiger partial charge in [-0.25, -0.2) is 0 Å². The third-order valence-corrected chi connectivity index (χ3v) is 3.95. The Hall–Kier alpha value is -0.900. The van der Waals surface area contributed by atoms with Crippen molar-refractivity contribution in [2.45, 2.75) is 31.2 Å². The van der Waals surface area contributed by atoms with Gasteiger partial charge in [0.05, 0.1) is 6.61 Å². The van der Waals surface area contributed by atoms with E-state index in [1.807, 2.05) is 0 Å². The number of nitrogens with zero attached hydrogens (tertiary/aromatic N) is 1. The Labute approximate surface area is 116 Å². The maximum atomic E-state index is 6.02. The first-order valence-electron chi connectivity index (χ1n) is 7.21. The van der Waals surface area contributed by atoms with Gasteiger partial charge in [-0.3, -0.25) is 0 Å². The Morgan fingerprint density at radius 2 is 2.21 bits per heavy atom. The molecule has 1 aromatic rings. The van der Waals surface area contributed by atoms with Gasteiger partial charge in [-0.05, 0) is 43.4 Å². The van der Waals surface area contributed by atoms with Gasteiger partial charge in [0, 0.05) is 26.2 Å². The van der Waals surface area contributed by atoms with Crippen molar-refractivity contribution in [3.8, 4) is 0 Å². The molecule has 2 atom stereocenters. The molecule has 19 heavy (non-hydrogen) atoms. The first-order chi connectivity index (χ1) is 9.20. The number of likely N-dealkylation sites (N-methyl/N-ethyl adjacent to an activating group) is 1. The fourth-order valence-corrected chi connectivity index (χ4v) is 3.16. The predicted octanol–water partition coefficient (Wildman–Crippen LogP) is 2.01. The lowest BCUT2D eigenvalue weighted by Gasteiger charge is -2.30. The Morgan fingerprint density at radius 3 is 3.00 bits per heavy atom. The highest BCUT2D eigenvalue weighted by Crippen LogP contribution is 2.31. The van der Waals surface area contributed by atoms with Gasteiger partial charge in [0.15, 0.2) is 0 Å². The van der Waals surface area contributed by atoms with Crippen LogP contribution in [0.5, 0.6) is 0 Å². The fourth-order valence-electron chi connectivity index (χ4n) is 3.16. The van der Waals surface area contributed by atoms with Gasteiger partial charge in [-0.2, -0.15) is 0 Å². The number of methoxy groups -OCH3 is 1. The van der Waals surface area contributed by atoms with Crippen molar-refractivity contribution in [2.24, 2.45) is 5.73 Å². The molecule has 3 nitrogen and oxygen atoms in total. The third kappa shape index (κ3) is 4.03. The molecule has 1 aromatic carbocycles. The maximum Gasteiger partial charge on any atom is 0.0626 e. The number of fused-ring (bicyclic) bond motifs is 1. The highest BCUT2D eigenvalue weighted by atomic mass is 16.5. The molecule has 2 rings (SSSR count). The predicted molar refractivity (Wildman–Crippen MR) is 79.5 cm³/mol. The zero-order chi connectivity index (χ0) is 13.7. The molecular weight excluding hydrogens is 236 g/mol. The number of aryl methyl sites for hydroxylation is 1. The molecule has 0 radical (unpaired) electrons. The van der Waals surface area contributed by atoms with E-state index in [9.17, 15) is 0 Å². The summed E-state index contributed by atoms with van der Waals surface area (Å²) >= 11 is 0. The van der Waals surface area contributed by atoms with Crippen molar-refractivity contribution < 1.29 is 4.74 Å². The number of ether oxygens (including phenoxy) is 1. The molecule has 106 valence electrons. The van der Waals surface area contributed by atoms with Crippen molar-refractivity contribution >= 4 is 0 Å². The molecule has 2 unspecified atom stereocenters. The standard InChI is InChI=1S/C16H26N2O/c1-18(11-15(17)12-19-2)10-14-8-5-7-13-6-3-4-9-16(13)14/h3-4,6,9,14-15H,5,7-8,10-12,17H2,1-2H3. The summed E-state index contributed by atoms with van der Waals surface area (Å²) in [6.45, 7) is 2.62. The zero-order valence-corrected chi connectivity index (χ0v) is 12.1. The van der Waals surface area contributed by atoms with Gasteiger partial charge in [0.2, 0.25) is 0 Å². The van der Waals surface area contributed by atoms with Gasteiger partial charge in [-0.1, -0.05) is 24.3 Å². The number of benzene rings is 1. The van der Waals surface area contributed by atoms with E-state index in [0.717, 1.165) is 13.1 Å². The first kappa shape index (κ1) is 14.5. The quantitative estimate of drug-likeness (QED) is 0.852. The molecule has 1 aliphatic carbocycles. The van der Waals surface area contributed by atoms with Crippen molar-refractivity contribution in [1.29, 1.82) is 0 Å². The summed E-state index contributed by atoms with van der Waals surface area (Å²) in [5, 5.41) is 0. The Balaban J connectivity index is 1.93. The molecule has 0 heterocycles. The monoisotopic (exact) mass is 262 g/mol. The molecule has 3 heteroatoms. The lowest BCUT2D eigenvalue weighted by molar-refractivity contribution is 0.158. The minimum Gasteiger partial charge on any atom is -0.383 e. The second-order valence-electron chi connectivity index (χ2n) is 5.72. The molecule has 0 aromatic heterocycles. The van der Waals surface area contributed by atoms with Gasteiger partial charge >= 0.3 is 0 Å². The van der Waals surface area contributed by atoms with E-state index < -0.39 is 0 Å². The molecule has 1 aliphatic rings. The highest BCUT2D eigenvalue weighted by Gasteiger charge is 2.21. The molecule has 0 bridgehead atoms. The summed E-state index contributed by atoms with van der Waals surface area (Å²) < 4.78 is 5.10. The molecule has 0 saturated heterocycles. The van der Waals surface area contributed by atoms with Gasteiger partial charge in [0.1, 0.15) is 0 Å². The van der Waals surface area contributed by atoms with Crippen LogP contribution < -0.4 is 5.73 Å². The minimum absolute atomic E-state index is 0.105. The van der Waals surface area contributed by atoms with Crippen molar-refractivity contribution in [2.75, 3.05) is 33.9 Å². The van der Waals surface area contributed by atoms with E-state index in [4.69, 9.17) is 10.5 Å². The summed E-state index contributed by atoms with van der Waals surface area (Å²) in [4.78, 5) is 2.34. The summed E-state index contributed by atoms with van der Waals surface area (Å²) in [5.74, 6) is 0.657. The van der Waals surface area contributed by atoms with Crippen LogP contribution in [0.3, 0.4) is 0 Å². The van der Waals surface area contributed by atoms with E-state index in [1.54, 1.807) is 12.7 Å². The summed E-state index contributed by atoms with van der Waals surface area (Å²) in [7, 11) is 3.87. The molecule has 0 saturated carbocycles. The van der Waals surface area contributed by atoms with E-state index in [0.29, 0.717) is 12.5 Å². The first-order valence-corrected chi connectivity index (χ1v) is 7.21. The summed E-state index contributed by atoms with van der Waals surface area (Å²) in [6, 6.07) is 8.99. The largest absolute Gasteiger partial charge is 0.383 e. The second-order valence-corrected chi connectivity index (χ2v) is 5.72. The van der Waals surface area contributed by atoms with Crippen LogP contribution in [-0.4, -0.2) is 44.8 Å². The van der Waals surface area contributed by atoms with Gasteiger partial charge in [-0.15, -0.1) is 0 Å².